The minimum Gasteiger partial charge on any atom is -0.480 e. The van der Waals surface area contributed by atoms with E-state index in [1.165, 1.54) is 0 Å². The quantitative estimate of drug-likeness (QED) is 0.417. The number of hydrogen-bond acceptors (Lipinski definition) is 4. The number of carboxylic acids is 1. The lowest BCUT2D eigenvalue weighted by Gasteiger charge is -2.12. The van der Waals surface area contributed by atoms with Crippen LogP contribution in [0.1, 0.15) is 0 Å². The smallest absolute Gasteiger partial charge is 0.328 e. The largest absolute Gasteiger partial charge is 0.480 e. The number of halogens is 2. The highest BCUT2D eigenvalue weighted by Crippen LogP contribution is 1.91. The third-order valence-electron chi connectivity index (χ3n) is 1.56. The molecule has 0 rings (SSSR count). The number of rotatable bonds is 8. The first-order valence-corrected chi connectivity index (χ1v) is 4.71. The number of carbonyl (C=O) groups excluding carboxylic acids is 1. The second-order valence-electron chi connectivity index (χ2n) is 2.94. The average Bonchev–Trinajstić information content (AvgIpc) is 2.24. The zero-order chi connectivity index (χ0) is 13.3. The minimum atomic E-state index is -2.57. The second kappa shape index (κ2) is 8.65. The van der Waals surface area contributed by atoms with Crippen molar-refractivity contribution in [2.45, 2.75) is 12.5 Å². The van der Waals surface area contributed by atoms with Gasteiger partial charge in [-0.15, -0.1) is 0 Å². The number of aliphatic carboxylic acids is 1. The third kappa shape index (κ3) is 8.34. The van der Waals surface area contributed by atoms with Gasteiger partial charge in [-0.2, -0.15) is 0 Å². The summed E-state index contributed by atoms with van der Waals surface area (Å²) in [4.78, 5) is 21.4. The number of carbonyl (C=O) groups is 2. The van der Waals surface area contributed by atoms with Gasteiger partial charge in [-0.25, -0.2) is 18.4 Å². The SMILES string of the molecule is O=C(NCCOCC(F)F)NC(CO)C(=O)O. The van der Waals surface area contributed by atoms with E-state index in [-0.39, 0.29) is 13.2 Å². The Labute approximate surface area is 95.7 Å². The van der Waals surface area contributed by atoms with Crippen molar-refractivity contribution in [2.24, 2.45) is 0 Å². The monoisotopic (exact) mass is 256 g/mol. The van der Waals surface area contributed by atoms with E-state index in [0.29, 0.717) is 0 Å². The van der Waals surface area contributed by atoms with Crippen molar-refractivity contribution in [2.75, 3.05) is 26.4 Å². The fourth-order valence-electron chi connectivity index (χ4n) is 0.804. The van der Waals surface area contributed by atoms with Crippen molar-refractivity contribution in [3.63, 3.8) is 0 Å². The highest BCUT2D eigenvalue weighted by atomic mass is 19.3. The molecule has 0 aromatic rings. The number of aliphatic hydroxyl groups excluding tert-OH is 1. The summed E-state index contributed by atoms with van der Waals surface area (Å²) in [5, 5.41) is 21.2. The van der Waals surface area contributed by atoms with Crippen molar-refractivity contribution < 1.29 is 33.3 Å². The highest BCUT2D eigenvalue weighted by Gasteiger charge is 2.18. The average molecular weight is 256 g/mol. The van der Waals surface area contributed by atoms with E-state index in [1.54, 1.807) is 0 Å². The Morgan fingerprint density at radius 1 is 1.35 bits per heavy atom. The summed E-state index contributed by atoms with van der Waals surface area (Å²) in [6, 6.07) is -2.23. The summed E-state index contributed by atoms with van der Waals surface area (Å²) in [5.41, 5.74) is 0. The number of ether oxygens (including phenoxy) is 1. The Kier molecular flexibility index (Phi) is 7.89. The van der Waals surface area contributed by atoms with E-state index in [4.69, 9.17) is 10.2 Å². The van der Waals surface area contributed by atoms with Crippen LogP contribution in [0.4, 0.5) is 13.6 Å². The molecule has 0 saturated carbocycles. The van der Waals surface area contributed by atoms with Gasteiger partial charge in [0.05, 0.1) is 13.2 Å². The van der Waals surface area contributed by atoms with E-state index in [2.05, 4.69) is 10.1 Å². The maximum atomic E-state index is 11.6. The standard InChI is InChI=1S/C8H14F2N2O5/c9-6(10)4-17-2-1-11-8(16)12-5(3-13)7(14)15/h5-6,13H,1-4H2,(H,14,15)(H2,11,12,16). The van der Waals surface area contributed by atoms with Crippen LogP contribution in [0, 0.1) is 0 Å². The number of urea groups is 1. The van der Waals surface area contributed by atoms with E-state index in [9.17, 15) is 18.4 Å². The van der Waals surface area contributed by atoms with Gasteiger partial charge in [0.25, 0.3) is 6.43 Å². The van der Waals surface area contributed by atoms with E-state index >= 15 is 0 Å². The molecular weight excluding hydrogens is 242 g/mol. The molecule has 0 aliphatic heterocycles. The maximum Gasteiger partial charge on any atom is 0.328 e. The van der Waals surface area contributed by atoms with Crippen LogP contribution >= 0.6 is 0 Å². The van der Waals surface area contributed by atoms with Gasteiger partial charge in [0.15, 0.2) is 6.04 Å². The zero-order valence-corrected chi connectivity index (χ0v) is 8.86. The lowest BCUT2D eigenvalue weighted by atomic mass is 10.3. The summed E-state index contributed by atoms with van der Waals surface area (Å²) < 4.78 is 27.7. The molecule has 7 nitrogen and oxygen atoms in total. The molecule has 0 bridgehead atoms. The highest BCUT2D eigenvalue weighted by molar-refractivity contribution is 5.82. The Balaban J connectivity index is 3.62. The molecule has 0 spiro atoms. The van der Waals surface area contributed by atoms with Crippen LogP contribution in [0.2, 0.25) is 0 Å². The summed E-state index contributed by atoms with van der Waals surface area (Å²) in [7, 11) is 0. The molecule has 1 unspecified atom stereocenters. The summed E-state index contributed by atoms with van der Waals surface area (Å²) >= 11 is 0. The first-order valence-electron chi connectivity index (χ1n) is 4.71. The van der Waals surface area contributed by atoms with Crippen LogP contribution in [0.15, 0.2) is 0 Å². The van der Waals surface area contributed by atoms with Crippen molar-refractivity contribution in [1.82, 2.24) is 10.6 Å². The number of amides is 2. The van der Waals surface area contributed by atoms with Gasteiger partial charge in [0, 0.05) is 6.54 Å². The number of aliphatic hydroxyl groups is 1. The molecule has 4 N–H and O–H groups in total. The lowest BCUT2D eigenvalue weighted by molar-refractivity contribution is -0.140. The van der Waals surface area contributed by atoms with E-state index < -0.39 is 37.7 Å². The molecule has 0 aliphatic carbocycles. The number of alkyl halides is 2. The molecule has 9 heteroatoms. The van der Waals surface area contributed by atoms with Gasteiger partial charge in [0.1, 0.15) is 6.61 Å². The fourth-order valence-corrected chi connectivity index (χ4v) is 0.804. The normalized spacial score (nSPS) is 12.2. The molecule has 0 fully saturated rings. The molecule has 0 aromatic carbocycles. The second-order valence-corrected chi connectivity index (χ2v) is 2.94. The van der Waals surface area contributed by atoms with Crippen LogP contribution in [-0.2, 0) is 9.53 Å². The van der Waals surface area contributed by atoms with E-state index in [1.807, 2.05) is 5.32 Å². The fraction of sp³-hybridized carbons (Fsp3) is 0.750. The van der Waals surface area contributed by atoms with Gasteiger partial charge in [0.2, 0.25) is 0 Å². The van der Waals surface area contributed by atoms with Gasteiger partial charge in [-0.05, 0) is 0 Å². The molecule has 0 radical (unpaired) electrons. The first-order chi connectivity index (χ1) is 7.97. The molecule has 0 saturated heterocycles. The first kappa shape index (κ1) is 15.5. The number of hydrogen-bond donors (Lipinski definition) is 4. The zero-order valence-electron chi connectivity index (χ0n) is 8.86. The summed E-state index contributed by atoms with van der Waals surface area (Å²) in [6.45, 7) is -1.63. The van der Waals surface area contributed by atoms with Crippen LogP contribution in [0.5, 0.6) is 0 Å². The van der Waals surface area contributed by atoms with Gasteiger partial charge in [-0.3, -0.25) is 0 Å². The minimum absolute atomic E-state index is 0.0453. The Bertz CT molecular complexity index is 252. The Morgan fingerprint density at radius 2 is 2.00 bits per heavy atom. The molecule has 17 heavy (non-hydrogen) atoms. The number of carboxylic acid groups (broad SMARTS) is 1. The van der Waals surface area contributed by atoms with Gasteiger partial charge >= 0.3 is 12.0 Å². The van der Waals surface area contributed by atoms with Crippen LogP contribution in [0.25, 0.3) is 0 Å². The van der Waals surface area contributed by atoms with Crippen molar-refractivity contribution in [3.05, 3.63) is 0 Å². The predicted octanol–water partition coefficient (Wildman–Crippen LogP) is -0.987. The molecule has 1 atom stereocenters. The van der Waals surface area contributed by atoms with Crippen molar-refractivity contribution in [1.29, 1.82) is 0 Å². The summed E-state index contributed by atoms with van der Waals surface area (Å²) in [6.07, 6.45) is -2.57. The van der Waals surface area contributed by atoms with Gasteiger partial charge < -0.3 is 25.6 Å². The molecule has 100 valence electrons. The molecule has 0 heterocycles. The van der Waals surface area contributed by atoms with Crippen LogP contribution < -0.4 is 10.6 Å². The lowest BCUT2D eigenvalue weighted by Crippen LogP contribution is -2.48. The van der Waals surface area contributed by atoms with Crippen LogP contribution in [0.3, 0.4) is 0 Å². The predicted molar refractivity (Wildman–Crippen MR) is 51.9 cm³/mol. The number of nitrogens with one attached hydrogen (secondary N) is 2. The summed E-state index contributed by atoms with van der Waals surface area (Å²) in [5.74, 6) is -1.38. The maximum absolute atomic E-state index is 11.6. The Morgan fingerprint density at radius 3 is 2.47 bits per heavy atom. The topological polar surface area (TPSA) is 108 Å². The van der Waals surface area contributed by atoms with E-state index in [0.717, 1.165) is 0 Å². The van der Waals surface area contributed by atoms with Crippen molar-refractivity contribution >= 4 is 12.0 Å². The molecule has 2 amide bonds. The Hall–Kier alpha value is -1.48. The molecule has 0 aliphatic rings. The van der Waals surface area contributed by atoms with Crippen molar-refractivity contribution in [3.8, 4) is 0 Å². The molecule has 0 aromatic heterocycles. The van der Waals surface area contributed by atoms with Crippen LogP contribution in [-0.4, -0.2) is 61.0 Å². The third-order valence-corrected chi connectivity index (χ3v) is 1.56. The van der Waals surface area contributed by atoms with Gasteiger partial charge in [-0.1, -0.05) is 0 Å². The molecular formula is C8H14F2N2O5.